The van der Waals surface area contributed by atoms with Gasteiger partial charge in [0.05, 0.1) is 0 Å². The fourth-order valence-electron chi connectivity index (χ4n) is 1.16. The van der Waals surface area contributed by atoms with Crippen LogP contribution in [0, 0.1) is 0 Å². The third kappa shape index (κ3) is 2.70. The molecule has 1 N–H and O–H groups in total. The van der Waals surface area contributed by atoms with E-state index in [0.717, 1.165) is 11.5 Å². The quantitative estimate of drug-likeness (QED) is 0.774. The first kappa shape index (κ1) is 9.98. The molecule has 0 aromatic heterocycles. The van der Waals surface area contributed by atoms with Gasteiger partial charge in [-0.05, 0) is 17.5 Å². The minimum absolute atomic E-state index is 0.171. The van der Waals surface area contributed by atoms with Gasteiger partial charge in [0.25, 0.3) is 5.91 Å². The van der Waals surface area contributed by atoms with Crippen LogP contribution >= 0.6 is 11.8 Å². The normalized spacial score (nSPS) is 16.9. The maximum atomic E-state index is 11.6. The largest absolute Gasteiger partial charge is 0.271 e. The number of rotatable bonds is 2. The van der Waals surface area contributed by atoms with E-state index in [1.54, 1.807) is 12.1 Å². The molecule has 1 amide bonds. The van der Waals surface area contributed by atoms with E-state index in [1.807, 2.05) is 29.7 Å². The number of carbonyl (C=O) groups excluding carboxylic acids is 1. The number of benzene rings is 1. The molecular weight excluding hydrogens is 208 g/mol. The highest BCUT2D eigenvalue weighted by Crippen LogP contribution is 2.17. The minimum atomic E-state index is -0.171. The van der Waals surface area contributed by atoms with Gasteiger partial charge in [-0.1, -0.05) is 36.0 Å². The third-order valence-electron chi connectivity index (χ3n) is 1.91. The Labute approximate surface area is 92.3 Å². The molecule has 1 aromatic carbocycles. The topological polar surface area (TPSA) is 41.5 Å². The third-order valence-corrected chi connectivity index (χ3v) is 2.77. The number of carbonyl (C=O) groups is 1. The summed E-state index contributed by atoms with van der Waals surface area (Å²) in [7, 11) is 0. The highest BCUT2D eigenvalue weighted by Gasteiger charge is 2.05. The van der Waals surface area contributed by atoms with Crippen LogP contribution in [0.1, 0.15) is 16.8 Å². The van der Waals surface area contributed by atoms with Crippen LogP contribution in [0.15, 0.2) is 46.9 Å². The molecule has 0 saturated carbocycles. The molecule has 0 spiro atoms. The van der Waals surface area contributed by atoms with Gasteiger partial charge in [0.15, 0.2) is 0 Å². The van der Waals surface area contributed by atoms with E-state index < -0.39 is 0 Å². The lowest BCUT2D eigenvalue weighted by molar-refractivity contribution is 0.0955. The molecule has 4 heteroatoms. The molecule has 0 bridgehead atoms. The minimum Gasteiger partial charge on any atom is -0.267 e. The Bertz CT molecular complexity index is 402. The van der Waals surface area contributed by atoms with Crippen molar-refractivity contribution in [1.29, 1.82) is 0 Å². The summed E-state index contributed by atoms with van der Waals surface area (Å²) in [5, 5.41) is 6.90. The van der Waals surface area contributed by atoms with Crippen LogP contribution in [0.2, 0.25) is 0 Å². The van der Waals surface area contributed by atoms with E-state index in [9.17, 15) is 4.79 Å². The van der Waals surface area contributed by atoms with E-state index in [4.69, 9.17) is 0 Å². The second-order valence-corrected chi connectivity index (χ2v) is 3.99. The van der Waals surface area contributed by atoms with Gasteiger partial charge in [-0.2, -0.15) is 5.10 Å². The molecule has 0 fully saturated rings. The van der Waals surface area contributed by atoms with E-state index in [-0.39, 0.29) is 5.91 Å². The molecule has 1 aliphatic heterocycles. The lowest BCUT2D eigenvalue weighted by Gasteiger charge is -2.00. The first-order chi connectivity index (χ1) is 7.36. The number of hydrazone groups is 1. The fourth-order valence-corrected chi connectivity index (χ4v) is 1.80. The van der Waals surface area contributed by atoms with Crippen LogP contribution in [-0.2, 0) is 0 Å². The van der Waals surface area contributed by atoms with Gasteiger partial charge >= 0.3 is 0 Å². The van der Waals surface area contributed by atoms with Crippen LogP contribution in [0.5, 0.6) is 0 Å². The van der Waals surface area contributed by atoms with Crippen molar-refractivity contribution in [3.63, 3.8) is 0 Å². The summed E-state index contributed by atoms with van der Waals surface area (Å²) in [4.78, 5) is 11.6. The maximum absolute atomic E-state index is 11.6. The number of nitrogens with zero attached hydrogens (tertiary/aromatic N) is 1. The van der Waals surface area contributed by atoms with Crippen molar-refractivity contribution in [2.45, 2.75) is 6.42 Å². The molecule has 1 heterocycles. The molecule has 76 valence electrons. The second-order valence-electron chi connectivity index (χ2n) is 3.01. The van der Waals surface area contributed by atoms with E-state index in [2.05, 4.69) is 10.5 Å². The smallest absolute Gasteiger partial charge is 0.267 e. The lowest BCUT2D eigenvalue weighted by Crippen LogP contribution is -2.18. The van der Waals surface area contributed by atoms with Crippen molar-refractivity contribution in [2.24, 2.45) is 5.10 Å². The molecule has 0 atom stereocenters. The summed E-state index contributed by atoms with van der Waals surface area (Å²) in [5.41, 5.74) is 3.15. The van der Waals surface area contributed by atoms with Crippen molar-refractivity contribution in [3.05, 3.63) is 47.4 Å². The standard InChI is InChI=1S/C11H10N2OS/c14-11(9-5-2-1-3-6-9)13-12-10-7-4-8-15-10/h1-6,8H,7H2,(H,13,14). The Morgan fingerprint density at radius 1 is 1.33 bits per heavy atom. The summed E-state index contributed by atoms with van der Waals surface area (Å²) >= 11 is 1.53. The van der Waals surface area contributed by atoms with Crippen molar-refractivity contribution >= 4 is 22.7 Å². The van der Waals surface area contributed by atoms with Gasteiger partial charge in [-0.15, -0.1) is 0 Å². The monoisotopic (exact) mass is 218 g/mol. The average molecular weight is 218 g/mol. The number of hydrogen-bond donors (Lipinski definition) is 1. The Kier molecular flexibility index (Phi) is 3.19. The zero-order valence-corrected chi connectivity index (χ0v) is 8.83. The molecular formula is C11H10N2OS. The Hall–Kier alpha value is -1.55. The molecule has 0 radical (unpaired) electrons. The Morgan fingerprint density at radius 3 is 2.80 bits per heavy atom. The number of thioether (sulfide) groups is 1. The zero-order chi connectivity index (χ0) is 10.5. The van der Waals surface area contributed by atoms with Gasteiger partial charge in [-0.25, -0.2) is 5.43 Å². The van der Waals surface area contributed by atoms with Gasteiger partial charge in [0.1, 0.15) is 5.04 Å². The van der Waals surface area contributed by atoms with Crippen LogP contribution in [0.3, 0.4) is 0 Å². The zero-order valence-electron chi connectivity index (χ0n) is 8.01. The summed E-state index contributed by atoms with van der Waals surface area (Å²) < 4.78 is 0. The molecule has 0 unspecified atom stereocenters. The number of amides is 1. The van der Waals surface area contributed by atoms with E-state index >= 15 is 0 Å². The number of allylic oxidation sites excluding steroid dienone is 1. The fraction of sp³-hybridized carbons (Fsp3) is 0.0909. The highest BCUT2D eigenvalue weighted by atomic mass is 32.2. The summed E-state index contributed by atoms with van der Waals surface area (Å²) in [6, 6.07) is 9.05. The van der Waals surface area contributed by atoms with Crippen molar-refractivity contribution in [1.82, 2.24) is 5.43 Å². The second kappa shape index (κ2) is 4.79. The molecule has 1 aliphatic rings. The molecule has 0 aliphatic carbocycles. The summed E-state index contributed by atoms with van der Waals surface area (Å²) in [6.07, 6.45) is 2.82. The Balaban J connectivity index is 1.96. The SMILES string of the molecule is O=C(NN=C1CC=CS1)c1ccccc1. The van der Waals surface area contributed by atoms with E-state index in [1.165, 1.54) is 11.8 Å². The van der Waals surface area contributed by atoms with Gasteiger partial charge in [0, 0.05) is 12.0 Å². The van der Waals surface area contributed by atoms with Crippen molar-refractivity contribution in [2.75, 3.05) is 0 Å². The van der Waals surface area contributed by atoms with Crippen LogP contribution in [0.4, 0.5) is 0 Å². The van der Waals surface area contributed by atoms with Crippen LogP contribution < -0.4 is 5.43 Å². The Morgan fingerprint density at radius 2 is 2.13 bits per heavy atom. The van der Waals surface area contributed by atoms with E-state index in [0.29, 0.717) is 5.56 Å². The summed E-state index contributed by atoms with van der Waals surface area (Å²) in [6.45, 7) is 0. The number of nitrogens with one attached hydrogen (secondary N) is 1. The first-order valence-electron chi connectivity index (χ1n) is 4.60. The molecule has 2 rings (SSSR count). The average Bonchev–Trinajstić information content (AvgIpc) is 2.80. The number of hydrogen-bond acceptors (Lipinski definition) is 3. The van der Waals surface area contributed by atoms with Crippen LogP contribution in [0.25, 0.3) is 0 Å². The maximum Gasteiger partial charge on any atom is 0.271 e. The molecule has 3 nitrogen and oxygen atoms in total. The predicted octanol–water partition coefficient (Wildman–Crippen LogP) is 2.38. The predicted molar refractivity (Wildman–Crippen MR) is 62.7 cm³/mol. The lowest BCUT2D eigenvalue weighted by atomic mass is 10.2. The highest BCUT2D eigenvalue weighted by molar-refractivity contribution is 8.16. The van der Waals surface area contributed by atoms with Gasteiger partial charge in [-0.3, -0.25) is 4.79 Å². The first-order valence-corrected chi connectivity index (χ1v) is 5.48. The van der Waals surface area contributed by atoms with Crippen molar-refractivity contribution in [3.8, 4) is 0 Å². The molecule has 15 heavy (non-hydrogen) atoms. The van der Waals surface area contributed by atoms with Crippen molar-refractivity contribution < 1.29 is 4.79 Å². The van der Waals surface area contributed by atoms with Gasteiger partial charge < -0.3 is 0 Å². The van der Waals surface area contributed by atoms with Crippen LogP contribution in [-0.4, -0.2) is 11.0 Å². The molecule has 1 aromatic rings. The molecule has 0 saturated heterocycles. The summed E-state index contributed by atoms with van der Waals surface area (Å²) in [5.74, 6) is -0.171. The van der Waals surface area contributed by atoms with Gasteiger partial charge in [0.2, 0.25) is 0 Å².